The number of carboxylic acids is 1. The lowest BCUT2D eigenvalue weighted by Crippen LogP contribution is -2.43. The lowest BCUT2D eigenvalue weighted by atomic mass is 10.3. The summed E-state index contributed by atoms with van der Waals surface area (Å²) in [5, 5.41) is 25.9. The zero-order valence-electron chi connectivity index (χ0n) is 13.7. The molecule has 0 spiro atoms. The molecular formula is C16H17N3O6S. The second-order valence-electron chi connectivity index (χ2n) is 5.07. The van der Waals surface area contributed by atoms with Crippen LogP contribution in [0.1, 0.15) is 0 Å². The van der Waals surface area contributed by atoms with E-state index in [0.717, 1.165) is 0 Å². The summed E-state index contributed by atoms with van der Waals surface area (Å²) in [6.45, 7) is -0.899. The summed E-state index contributed by atoms with van der Waals surface area (Å²) < 4.78 is 31.9. The third-order valence-corrected chi connectivity index (χ3v) is 4.74. The number of hydrogen-bond acceptors (Lipinski definition) is 7. The molecule has 0 aliphatic heterocycles. The molecule has 0 saturated heterocycles. The van der Waals surface area contributed by atoms with Crippen LogP contribution in [0.25, 0.3) is 0 Å². The number of nitrogens with one attached hydrogen (secondary N) is 1. The minimum absolute atomic E-state index is 0.00163. The van der Waals surface area contributed by atoms with Crippen molar-refractivity contribution < 1.29 is 28.2 Å². The molecule has 9 nitrogen and oxygen atoms in total. The second kappa shape index (κ2) is 8.52. The van der Waals surface area contributed by atoms with Crippen molar-refractivity contribution in [2.75, 3.05) is 13.7 Å². The van der Waals surface area contributed by atoms with Crippen molar-refractivity contribution in [3.63, 3.8) is 0 Å². The van der Waals surface area contributed by atoms with Crippen molar-refractivity contribution in [2.45, 2.75) is 10.9 Å². The fraction of sp³-hybridized carbons (Fsp3) is 0.188. The number of benzene rings is 2. The Kier molecular flexibility index (Phi) is 6.39. The molecule has 0 aliphatic rings. The van der Waals surface area contributed by atoms with Gasteiger partial charge in [-0.25, -0.2) is 8.42 Å². The molecule has 0 fully saturated rings. The maximum absolute atomic E-state index is 12.5. The standard InChI is InChI=1S/C16H17N3O6S/c1-25-14-8-7-12(18-17-11-5-3-2-4-6-11)9-15(14)26(23,24)19-13(10-20)16(21)22/h2-9,13,19-20H,10H2,1H3,(H,21,22)/t13-/m1/s1. The van der Waals surface area contributed by atoms with Gasteiger partial charge in [0.15, 0.2) is 0 Å². The molecule has 0 heterocycles. The molecule has 0 radical (unpaired) electrons. The summed E-state index contributed by atoms with van der Waals surface area (Å²) in [7, 11) is -3.00. The second-order valence-corrected chi connectivity index (χ2v) is 6.75. The highest BCUT2D eigenvalue weighted by molar-refractivity contribution is 7.89. The number of aliphatic hydroxyl groups is 1. The van der Waals surface area contributed by atoms with Gasteiger partial charge in [0.25, 0.3) is 0 Å². The number of aliphatic hydroxyl groups excluding tert-OH is 1. The van der Waals surface area contributed by atoms with Crippen LogP contribution < -0.4 is 9.46 Å². The van der Waals surface area contributed by atoms with Crippen LogP contribution in [0.4, 0.5) is 11.4 Å². The molecule has 0 amide bonds. The first-order chi connectivity index (χ1) is 12.4. The molecule has 1 atom stereocenters. The Morgan fingerprint density at radius 1 is 1.15 bits per heavy atom. The van der Waals surface area contributed by atoms with Crippen LogP contribution >= 0.6 is 0 Å². The molecule has 0 unspecified atom stereocenters. The van der Waals surface area contributed by atoms with Crippen molar-refractivity contribution >= 4 is 27.4 Å². The van der Waals surface area contributed by atoms with Gasteiger partial charge in [0.05, 0.1) is 25.1 Å². The molecular weight excluding hydrogens is 362 g/mol. The summed E-state index contributed by atoms with van der Waals surface area (Å²) in [5.41, 5.74) is 0.808. The van der Waals surface area contributed by atoms with E-state index in [1.807, 2.05) is 10.8 Å². The van der Waals surface area contributed by atoms with Crippen LogP contribution in [0, 0.1) is 0 Å². The zero-order chi connectivity index (χ0) is 19.2. The van der Waals surface area contributed by atoms with Gasteiger partial charge in [0, 0.05) is 0 Å². The predicted octanol–water partition coefficient (Wildman–Crippen LogP) is 1.83. The first kappa shape index (κ1) is 19.5. The number of nitrogens with zero attached hydrogens (tertiary/aromatic N) is 2. The van der Waals surface area contributed by atoms with Crippen LogP contribution in [0.5, 0.6) is 5.75 Å². The number of ether oxygens (including phenoxy) is 1. The van der Waals surface area contributed by atoms with Gasteiger partial charge in [-0.05, 0) is 30.3 Å². The smallest absolute Gasteiger partial charge is 0.324 e. The van der Waals surface area contributed by atoms with Crippen LogP contribution in [-0.2, 0) is 14.8 Å². The highest BCUT2D eigenvalue weighted by atomic mass is 32.2. The van der Waals surface area contributed by atoms with Gasteiger partial charge in [-0.15, -0.1) is 0 Å². The molecule has 0 saturated carbocycles. The average molecular weight is 379 g/mol. The zero-order valence-corrected chi connectivity index (χ0v) is 14.5. The van der Waals surface area contributed by atoms with E-state index in [9.17, 15) is 13.2 Å². The monoisotopic (exact) mass is 379 g/mol. The fourth-order valence-electron chi connectivity index (χ4n) is 1.96. The first-order valence-electron chi connectivity index (χ1n) is 7.38. The maximum atomic E-state index is 12.5. The van der Waals surface area contributed by atoms with Gasteiger partial charge >= 0.3 is 5.97 Å². The molecule has 138 valence electrons. The minimum atomic E-state index is -4.28. The molecule has 0 aliphatic carbocycles. The summed E-state index contributed by atoms with van der Waals surface area (Å²) in [6.07, 6.45) is 0. The summed E-state index contributed by atoms with van der Waals surface area (Å²) in [5.74, 6) is -1.51. The highest BCUT2D eigenvalue weighted by Gasteiger charge is 2.27. The summed E-state index contributed by atoms with van der Waals surface area (Å²) in [4.78, 5) is 10.7. The normalized spacial score (nSPS) is 12.8. The Bertz CT molecular complexity index is 899. The summed E-state index contributed by atoms with van der Waals surface area (Å²) >= 11 is 0. The number of aliphatic carboxylic acids is 1. The van der Waals surface area contributed by atoms with Crippen molar-refractivity contribution in [2.24, 2.45) is 10.2 Å². The fourth-order valence-corrected chi connectivity index (χ4v) is 3.33. The SMILES string of the molecule is COc1ccc(N=Nc2ccccc2)cc1S(=O)(=O)N[C@H](CO)C(=O)O. The van der Waals surface area contributed by atoms with E-state index in [-0.39, 0.29) is 16.3 Å². The maximum Gasteiger partial charge on any atom is 0.324 e. The molecule has 2 aromatic rings. The third kappa shape index (κ3) is 4.85. The Morgan fingerprint density at radius 3 is 2.38 bits per heavy atom. The Balaban J connectivity index is 2.37. The van der Waals surface area contributed by atoms with E-state index in [0.29, 0.717) is 5.69 Å². The molecule has 2 aromatic carbocycles. The number of sulfonamides is 1. The molecule has 3 N–H and O–H groups in total. The predicted molar refractivity (Wildman–Crippen MR) is 92.4 cm³/mol. The van der Waals surface area contributed by atoms with E-state index >= 15 is 0 Å². The quantitative estimate of drug-likeness (QED) is 0.598. The van der Waals surface area contributed by atoms with Crippen LogP contribution in [0.3, 0.4) is 0 Å². The number of carboxylic acid groups (broad SMARTS) is 1. The van der Waals surface area contributed by atoms with Gasteiger partial charge in [-0.1, -0.05) is 18.2 Å². The van der Waals surface area contributed by atoms with E-state index in [1.54, 1.807) is 24.3 Å². The van der Waals surface area contributed by atoms with Gasteiger partial charge < -0.3 is 14.9 Å². The Morgan fingerprint density at radius 2 is 1.81 bits per heavy atom. The number of hydrogen-bond donors (Lipinski definition) is 3. The lowest BCUT2D eigenvalue weighted by Gasteiger charge is -2.14. The molecule has 26 heavy (non-hydrogen) atoms. The van der Waals surface area contributed by atoms with E-state index in [1.165, 1.54) is 25.3 Å². The van der Waals surface area contributed by atoms with Crippen LogP contribution in [0.2, 0.25) is 0 Å². The van der Waals surface area contributed by atoms with Crippen molar-refractivity contribution in [1.29, 1.82) is 0 Å². The van der Waals surface area contributed by atoms with Gasteiger partial charge in [-0.3, -0.25) is 4.79 Å². The van der Waals surface area contributed by atoms with Gasteiger partial charge in [-0.2, -0.15) is 15.0 Å². The highest BCUT2D eigenvalue weighted by Crippen LogP contribution is 2.29. The Labute approximate surface area is 150 Å². The topological polar surface area (TPSA) is 138 Å². The van der Waals surface area contributed by atoms with E-state index in [4.69, 9.17) is 14.9 Å². The number of azo groups is 1. The average Bonchev–Trinajstić information content (AvgIpc) is 2.64. The van der Waals surface area contributed by atoms with Crippen molar-refractivity contribution in [3.05, 3.63) is 48.5 Å². The van der Waals surface area contributed by atoms with Crippen LogP contribution in [0.15, 0.2) is 63.7 Å². The largest absolute Gasteiger partial charge is 0.495 e. The molecule has 0 aromatic heterocycles. The Hall–Kier alpha value is -2.82. The molecule has 0 bridgehead atoms. The number of rotatable bonds is 8. The minimum Gasteiger partial charge on any atom is -0.495 e. The van der Waals surface area contributed by atoms with Crippen molar-refractivity contribution in [1.82, 2.24) is 4.72 Å². The van der Waals surface area contributed by atoms with Gasteiger partial charge in [0.2, 0.25) is 10.0 Å². The number of carbonyl (C=O) groups is 1. The number of methoxy groups -OCH3 is 1. The molecule has 10 heteroatoms. The van der Waals surface area contributed by atoms with Crippen molar-refractivity contribution in [3.8, 4) is 5.75 Å². The first-order valence-corrected chi connectivity index (χ1v) is 8.86. The van der Waals surface area contributed by atoms with E-state index < -0.39 is 28.6 Å². The van der Waals surface area contributed by atoms with Crippen LogP contribution in [-0.4, -0.2) is 44.4 Å². The summed E-state index contributed by atoms with van der Waals surface area (Å²) in [6, 6.07) is 11.2. The molecule has 2 rings (SSSR count). The third-order valence-electron chi connectivity index (χ3n) is 3.25. The van der Waals surface area contributed by atoms with Gasteiger partial charge in [0.1, 0.15) is 16.7 Å². The lowest BCUT2D eigenvalue weighted by molar-refractivity contribution is -0.139. The van der Waals surface area contributed by atoms with E-state index in [2.05, 4.69) is 10.2 Å².